The Kier molecular flexibility index (Phi) is 4.43. The number of fused-ring (bicyclic) bond motifs is 1. The first kappa shape index (κ1) is 17.0. The number of anilines is 3. The lowest BCUT2D eigenvalue weighted by Crippen LogP contribution is -2.20. The molecule has 0 radical (unpaired) electrons. The molecule has 7 heteroatoms. The van der Waals surface area contributed by atoms with Gasteiger partial charge in [0.1, 0.15) is 11.6 Å². The Labute approximate surface area is 154 Å². The van der Waals surface area contributed by atoms with Gasteiger partial charge in [-0.05, 0) is 60.2 Å². The topological polar surface area (TPSA) is 65.2 Å². The second-order valence-corrected chi connectivity index (χ2v) is 6.14. The number of hydrogen-bond acceptors (Lipinski definition) is 3. The lowest BCUT2D eigenvalue weighted by molar-refractivity contribution is 0.262. The minimum Gasteiger partial charge on any atom is -0.320 e. The van der Waals surface area contributed by atoms with E-state index in [9.17, 15) is 13.6 Å². The lowest BCUT2D eigenvalue weighted by Gasteiger charge is -2.13. The highest BCUT2D eigenvalue weighted by Crippen LogP contribution is 2.35. The molecule has 0 bridgehead atoms. The largest absolute Gasteiger partial charge is 0.323 e. The zero-order valence-corrected chi connectivity index (χ0v) is 14.1. The molecule has 3 aromatic rings. The van der Waals surface area contributed by atoms with Gasteiger partial charge < -0.3 is 16.1 Å². The predicted molar refractivity (Wildman–Crippen MR) is 100 cm³/mol. The molecule has 136 valence electrons. The Bertz CT molecular complexity index is 974. The SMILES string of the molecule is O=C(Nc1ccc(F)cc1)Nc1ccc2c(c1)C(c1ccc(F)cc1)NN2. The standard InChI is InChI=1S/C20H16F2N4O/c21-13-3-1-12(2-4-13)19-17-11-16(9-10-18(17)25-26-19)24-20(27)23-15-7-5-14(22)6-8-15/h1-11,19,25-26H,(H2,23,24,27). The summed E-state index contributed by atoms with van der Waals surface area (Å²) in [6, 6.07) is 16.6. The molecule has 0 aliphatic carbocycles. The number of benzene rings is 3. The van der Waals surface area contributed by atoms with Crippen molar-refractivity contribution in [2.45, 2.75) is 6.04 Å². The summed E-state index contributed by atoms with van der Waals surface area (Å²) in [6.07, 6.45) is 0. The van der Waals surface area contributed by atoms with Crippen LogP contribution in [0.2, 0.25) is 0 Å². The van der Waals surface area contributed by atoms with E-state index in [1.54, 1.807) is 18.2 Å². The van der Waals surface area contributed by atoms with Gasteiger partial charge in [-0.15, -0.1) is 0 Å². The molecule has 0 spiro atoms. The van der Waals surface area contributed by atoms with E-state index >= 15 is 0 Å². The lowest BCUT2D eigenvalue weighted by atomic mass is 9.99. The number of carbonyl (C=O) groups is 1. The number of amides is 2. The van der Waals surface area contributed by atoms with Crippen LogP contribution in [0.1, 0.15) is 17.2 Å². The summed E-state index contributed by atoms with van der Waals surface area (Å²) in [5.74, 6) is -0.663. The van der Waals surface area contributed by atoms with E-state index in [2.05, 4.69) is 21.5 Å². The number of hydrogen-bond donors (Lipinski definition) is 4. The van der Waals surface area contributed by atoms with Gasteiger partial charge in [-0.25, -0.2) is 19.0 Å². The van der Waals surface area contributed by atoms with Gasteiger partial charge >= 0.3 is 6.03 Å². The van der Waals surface area contributed by atoms with Gasteiger partial charge in [0.2, 0.25) is 0 Å². The van der Waals surface area contributed by atoms with Crippen LogP contribution >= 0.6 is 0 Å². The summed E-state index contributed by atoms with van der Waals surface area (Å²) in [5.41, 5.74) is 10.0. The Morgan fingerprint density at radius 2 is 1.41 bits per heavy atom. The molecule has 5 nitrogen and oxygen atoms in total. The van der Waals surface area contributed by atoms with Crippen LogP contribution in [-0.4, -0.2) is 6.03 Å². The molecule has 0 saturated carbocycles. The molecule has 2 amide bonds. The van der Waals surface area contributed by atoms with Crippen molar-refractivity contribution in [2.24, 2.45) is 0 Å². The summed E-state index contributed by atoms with van der Waals surface area (Å²) >= 11 is 0. The monoisotopic (exact) mass is 366 g/mol. The molecular weight excluding hydrogens is 350 g/mol. The number of carbonyl (C=O) groups excluding carboxylic acids is 1. The van der Waals surface area contributed by atoms with Crippen LogP contribution in [0.15, 0.2) is 66.7 Å². The third-order valence-corrected chi connectivity index (χ3v) is 4.28. The third-order valence-electron chi connectivity index (χ3n) is 4.28. The fourth-order valence-electron chi connectivity index (χ4n) is 2.97. The van der Waals surface area contributed by atoms with E-state index in [0.29, 0.717) is 11.4 Å². The molecule has 1 aliphatic heterocycles. The van der Waals surface area contributed by atoms with Gasteiger partial charge in [-0.1, -0.05) is 12.1 Å². The number of nitrogens with one attached hydrogen (secondary N) is 4. The Morgan fingerprint density at radius 3 is 2.11 bits per heavy atom. The van der Waals surface area contributed by atoms with E-state index in [4.69, 9.17) is 0 Å². The predicted octanol–water partition coefficient (Wildman–Crippen LogP) is 4.63. The summed E-state index contributed by atoms with van der Waals surface area (Å²) < 4.78 is 26.1. The maximum atomic E-state index is 13.2. The van der Waals surface area contributed by atoms with Crippen LogP contribution < -0.4 is 21.5 Å². The summed E-state index contributed by atoms with van der Waals surface area (Å²) in [4.78, 5) is 12.2. The third kappa shape index (κ3) is 3.73. The van der Waals surface area contributed by atoms with Gasteiger partial charge in [0, 0.05) is 16.9 Å². The first-order chi connectivity index (χ1) is 13.1. The minimum absolute atomic E-state index is 0.164. The van der Waals surface area contributed by atoms with E-state index in [0.717, 1.165) is 16.8 Å². The van der Waals surface area contributed by atoms with Crippen molar-refractivity contribution in [1.82, 2.24) is 5.43 Å². The van der Waals surface area contributed by atoms with Crippen molar-refractivity contribution >= 4 is 23.1 Å². The highest BCUT2D eigenvalue weighted by atomic mass is 19.1. The highest BCUT2D eigenvalue weighted by Gasteiger charge is 2.24. The molecule has 0 aromatic heterocycles. The van der Waals surface area contributed by atoms with Crippen LogP contribution in [0.3, 0.4) is 0 Å². The zero-order chi connectivity index (χ0) is 18.8. The molecule has 1 atom stereocenters. The van der Waals surface area contributed by atoms with E-state index in [1.807, 2.05) is 12.1 Å². The molecule has 0 saturated heterocycles. The smallest absolute Gasteiger partial charge is 0.320 e. The number of rotatable bonds is 3. The van der Waals surface area contributed by atoms with Gasteiger partial charge in [-0.2, -0.15) is 0 Å². The van der Waals surface area contributed by atoms with Gasteiger partial charge in [0.25, 0.3) is 0 Å². The van der Waals surface area contributed by atoms with Crippen LogP contribution in [0.25, 0.3) is 0 Å². The number of hydrazine groups is 1. The summed E-state index contributed by atoms with van der Waals surface area (Å²) in [5, 5.41) is 5.40. The van der Waals surface area contributed by atoms with Crippen molar-refractivity contribution < 1.29 is 13.6 Å². The quantitative estimate of drug-likeness (QED) is 0.547. The fourth-order valence-corrected chi connectivity index (χ4v) is 2.97. The van der Waals surface area contributed by atoms with Crippen LogP contribution in [0.5, 0.6) is 0 Å². The van der Waals surface area contributed by atoms with Crippen molar-refractivity contribution in [3.63, 3.8) is 0 Å². The zero-order valence-electron chi connectivity index (χ0n) is 14.1. The highest BCUT2D eigenvalue weighted by molar-refractivity contribution is 6.00. The Hall–Kier alpha value is -3.45. The summed E-state index contributed by atoms with van der Waals surface area (Å²) in [7, 11) is 0. The van der Waals surface area contributed by atoms with Crippen LogP contribution in [-0.2, 0) is 0 Å². The van der Waals surface area contributed by atoms with Crippen LogP contribution in [0, 0.1) is 11.6 Å². The van der Waals surface area contributed by atoms with Crippen molar-refractivity contribution in [3.05, 3.63) is 89.5 Å². The fraction of sp³-hybridized carbons (Fsp3) is 0.0500. The molecule has 1 aliphatic rings. The van der Waals surface area contributed by atoms with Gasteiger partial charge in [0.05, 0.1) is 11.7 Å². The first-order valence-electron chi connectivity index (χ1n) is 8.33. The van der Waals surface area contributed by atoms with E-state index in [-0.39, 0.29) is 17.7 Å². The molecule has 1 heterocycles. The molecule has 4 rings (SSSR count). The molecule has 4 N–H and O–H groups in total. The number of halogens is 2. The van der Waals surface area contributed by atoms with E-state index in [1.165, 1.54) is 36.4 Å². The summed E-state index contributed by atoms with van der Waals surface area (Å²) in [6.45, 7) is 0. The van der Waals surface area contributed by atoms with Crippen LogP contribution in [0.4, 0.5) is 30.6 Å². The number of urea groups is 1. The molecule has 1 unspecified atom stereocenters. The Balaban J connectivity index is 1.50. The Morgan fingerprint density at radius 1 is 0.815 bits per heavy atom. The van der Waals surface area contributed by atoms with Gasteiger partial charge in [0.15, 0.2) is 0 Å². The van der Waals surface area contributed by atoms with Crippen molar-refractivity contribution in [2.75, 3.05) is 16.1 Å². The van der Waals surface area contributed by atoms with Gasteiger partial charge in [-0.3, -0.25) is 0 Å². The molecule has 3 aromatic carbocycles. The second kappa shape index (κ2) is 7.05. The molecular formula is C20H16F2N4O. The van der Waals surface area contributed by atoms with E-state index < -0.39 is 6.03 Å². The second-order valence-electron chi connectivity index (χ2n) is 6.14. The van der Waals surface area contributed by atoms with Crippen molar-refractivity contribution in [3.8, 4) is 0 Å². The first-order valence-corrected chi connectivity index (χ1v) is 8.33. The molecule has 0 fully saturated rings. The maximum absolute atomic E-state index is 13.2. The molecule has 27 heavy (non-hydrogen) atoms. The maximum Gasteiger partial charge on any atom is 0.323 e. The average Bonchev–Trinajstić information content (AvgIpc) is 3.07. The normalized spacial score (nSPS) is 15.0. The average molecular weight is 366 g/mol. The minimum atomic E-state index is -0.432. The van der Waals surface area contributed by atoms with Crippen molar-refractivity contribution in [1.29, 1.82) is 0 Å².